The Hall–Kier alpha value is -2.84. The van der Waals surface area contributed by atoms with E-state index in [2.05, 4.69) is 4.18 Å². The standard InChI is InChI=1S/C8H5ClF3NO5S.C7H6ClNO3/c1-4-2-5(13(14)15)3-6(9)7(4)18-19(16,17)8(10,11)12;1-4-2-5(9(11)12)3-6(8)7(4)10/h2-3H,1H3;2-3,10H,1H3. The number of non-ortho nitro benzene ring substituents is 2. The molecule has 2 aromatic rings. The normalized spacial score (nSPS) is 11.3. The van der Waals surface area contributed by atoms with Crippen molar-refractivity contribution in [1.82, 2.24) is 0 Å². The third kappa shape index (κ3) is 6.57. The molecular formula is C15H11Cl2F3N2O8S. The third-order valence-electron chi connectivity index (χ3n) is 3.35. The van der Waals surface area contributed by atoms with Crippen molar-refractivity contribution in [3.05, 3.63) is 65.7 Å². The highest BCUT2D eigenvalue weighted by atomic mass is 35.5. The summed E-state index contributed by atoms with van der Waals surface area (Å²) in [7, 11) is -5.88. The van der Waals surface area contributed by atoms with E-state index in [1.807, 2.05) is 0 Å². The largest absolute Gasteiger partial charge is 0.534 e. The molecule has 0 fully saturated rings. The number of nitro benzene ring substituents is 2. The molecule has 0 heterocycles. The second kappa shape index (κ2) is 9.53. The molecule has 0 saturated heterocycles. The van der Waals surface area contributed by atoms with Crippen LogP contribution in [0.15, 0.2) is 24.3 Å². The van der Waals surface area contributed by atoms with E-state index in [0.717, 1.165) is 19.1 Å². The Morgan fingerprint density at radius 3 is 1.71 bits per heavy atom. The van der Waals surface area contributed by atoms with Crippen molar-refractivity contribution in [2.24, 2.45) is 0 Å². The van der Waals surface area contributed by atoms with Gasteiger partial charge in [-0.1, -0.05) is 23.2 Å². The van der Waals surface area contributed by atoms with Crippen LogP contribution in [-0.2, 0) is 10.1 Å². The highest BCUT2D eigenvalue weighted by Gasteiger charge is 2.49. The summed E-state index contributed by atoms with van der Waals surface area (Å²) >= 11 is 11.0. The van der Waals surface area contributed by atoms with Gasteiger partial charge in [0, 0.05) is 29.8 Å². The van der Waals surface area contributed by atoms with Gasteiger partial charge in [0.2, 0.25) is 0 Å². The quantitative estimate of drug-likeness (QED) is 0.262. The van der Waals surface area contributed by atoms with Gasteiger partial charge in [0.25, 0.3) is 11.4 Å². The zero-order chi connectivity index (χ0) is 24.3. The van der Waals surface area contributed by atoms with Gasteiger partial charge in [-0.3, -0.25) is 20.2 Å². The molecule has 10 nitrogen and oxygen atoms in total. The van der Waals surface area contributed by atoms with Crippen LogP contribution in [0.4, 0.5) is 24.5 Å². The van der Waals surface area contributed by atoms with E-state index in [1.165, 1.54) is 6.07 Å². The topological polar surface area (TPSA) is 150 Å². The number of hydrogen-bond donors (Lipinski definition) is 1. The lowest BCUT2D eigenvalue weighted by Crippen LogP contribution is -2.28. The molecule has 1 N–H and O–H groups in total. The first-order chi connectivity index (χ1) is 14.0. The van der Waals surface area contributed by atoms with Crippen molar-refractivity contribution in [3.8, 4) is 11.5 Å². The highest BCUT2D eigenvalue weighted by molar-refractivity contribution is 7.88. The van der Waals surface area contributed by atoms with Gasteiger partial charge in [-0.25, -0.2) is 0 Å². The Labute approximate surface area is 182 Å². The Morgan fingerprint density at radius 1 is 0.935 bits per heavy atom. The summed E-state index contributed by atoms with van der Waals surface area (Å²) in [5.41, 5.74) is -6.05. The van der Waals surface area contributed by atoms with E-state index in [9.17, 15) is 41.8 Å². The summed E-state index contributed by atoms with van der Waals surface area (Å²) in [5.74, 6) is -0.910. The molecule has 0 aliphatic rings. The fraction of sp³-hybridized carbons (Fsp3) is 0.200. The summed E-state index contributed by atoms with van der Waals surface area (Å²) in [5, 5.41) is 29.3. The summed E-state index contributed by atoms with van der Waals surface area (Å²) < 4.78 is 61.8. The van der Waals surface area contributed by atoms with Crippen LogP contribution in [0.2, 0.25) is 10.0 Å². The molecule has 0 aromatic heterocycles. The maximum atomic E-state index is 12.1. The van der Waals surface area contributed by atoms with Crippen LogP contribution in [0.5, 0.6) is 11.5 Å². The number of alkyl halides is 3. The second-order valence-electron chi connectivity index (χ2n) is 5.66. The molecule has 0 aliphatic carbocycles. The van der Waals surface area contributed by atoms with Crippen LogP contribution in [-0.4, -0.2) is 28.9 Å². The number of aromatic hydroxyl groups is 1. The van der Waals surface area contributed by atoms with E-state index in [0.29, 0.717) is 11.6 Å². The molecule has 0 bridgehead atoms. The van der Waals surface area contributed by atoms with Gasteiger partial charge < -0.3 is 9.29 Å². The predicted octanol–water partition coefficient (Wildman–Crippen LogP) is 5.05. The van der Waals surface area contributed by atoms with Crippen LogP contribution in [0.25, 0.3) is 0 Å². The van der Waals surface area contributed by atoms with E-state index >= 15 is 0 Å². The van der Waals surface area contributed by atoms with Gasteiger partial charge in [0.1, 0.15) is 5.75 Å². The minimum Gasteiger partial charge on any atom is -0.506 e. The average Bonchev–Trinajstić information content (AvgIpc) is 2.61. The van der Waals surface area contributed by atoms with Crippen LogP contribution in [0, 0.1) is 34.1 Å². The van der Waals surface area contributed by atoms with E-state index in [4.69, 9.17) is 28.3 Å². The SMILES string of the molecule is Cc1cc([N+](=O)[O-])cc(Cl)c1O.Cc1cc([N+](=O)[O-])cc(Cl)c1OS(=O)(=O)C(F)(F)F. The van der Waals surface area contributed by atoms with E-state index in [1.54, 1.807) is 6.92 Å². The second-order valence-corrected chi connectivity index (χ2v) is 8.02. The fourth-order valence-corrected chi connectivity index (χ4v) is 3.05. The number of nitrogens with zero attached hydrogens (tertiary/aromatic N) is 2. The summed E-state index contributed by atoms with van der Waals surface area (Å²) in [4.78, 5) is 19.4. The molecule has 2 aromatic carbocycles. The predicted molar refractivity (Wildman–Crippen MR) is 103 cm³/mol. The molecule has 0 atom stereocenters. The maximum absolute atomic E-state index is 12.1. The Bertz CT molecular complexity index is 1090. The number of halogens is 5. The van der Waals surface area contributed by atoms with Crippen molar-refractivity contribution in [3.63, 3.8) is 0 Å². The molecule has 31 heavy (non-hydrogen) atoms. The van der Waals surface area contributed by atoms with Crippen molar-refractivity contribution in [2.45, 2.75) is 19.4 Å². The highest BCUT2D eigenvalue weighted by Crippen LogP contribution is 2.36. The third-order valence-corrected chi connectivity index (χ3v) is 4.87. The molecule has 0 amide bonds. The lowest BCUT2D eigenvalue weighted by atomic mass is 10.2. The zero-order valence-corrected chi connectivity index (χ0v) is 17.6. The fourth-order valence-electron chi connectivity index (χ4n) is 1.90. The monoisotopic (exact) mass is 506 g/mol. The molecule has 170 valence electrons. The Balaban J connectivity index is 0.000000343. The molecule has 0 spiro atoms. The number of hydrogen-bond acceptors (Lipinski definition) is 8. The lowest BCUT2D eigenvalue weighted by Gasteiger charge is -2.12. The van der Waals surface area contributed by atoms with Gasteiger partial charge in [-0.15, -0.1) is 0 Å². The molecular weight excluding hydrogens is 496 g/mol. The van der Waals surface area contributed by atoms with E-state index < -0.39 is 41.9 Å². The van der Waals surface area contributed by atoms with Crippen molar-refractivity contribution < 1.29 is 40.7 Å². The van der Waals surface area contributed by atoms with Gasteiger partial charge in [-0.2, -0.15) is 21.6 Å². The van der Waals surface area contributed by atoms with Crippen molar-refractivity contribution >= 4 is 44.7 Å². The number of benzene rings is 2. The van der Waals surface area contributed by atoms with Crippen LogP contribution < -0.4 is 4.18 Å². The maximum Gasteiger partial charge on any atom is 0.534 e. The molecule has 0 aliphatic heterocycles. The Kier molecular flexibility index (Phi) is 8.05. The van der Waals surface area contributed by atoms with Gasteiger partial charge in [-0.05, 0) is 19.4 Å². The number of rotatable bonds is 4. The van der Waals surface area contributed by atoms with E-state index in [-0.39, 0.29) is 22.0 Å². The summed E-state index contributed by atoms with van der Waals surface area (Å²) in [6.45, 7) is 2.67. The van der Waals surface area contributed by atoms with Crippen molar-refractivity contribution in [2.75, 3.05) is 0 Å². The van der Waals surface area contributed by atoms with Crippen molar-refractivity contribution in [1.29, 1.82) is 0 Å². The summed E-state index contributed by atoms with van der Waals surface area (Å²) in [6.07, 6.45) is 0. The zero-order valence-electron chi connectivity index (χ0n) is 15.3. The van der Waals surface area contributed by atoms with Gasteiger partial charge in [0.15, 0.2) is 5.75 Å². The minimum atomic E-state index is -5.88. The van der Waals surface area contributed by atoms with Crippen LogP contribution in [0.3, 0.4) is 0 Å². The molecule has 0 radical (unpaired) electrons. The van der Waals surface area contributed by atoms with Gasteiger partial charge in [0.05, 0.1) is 19.9 Å². The molecule has 2 rings (SSSR count). The van der Waals surface area contributed by atoms with Crippen LogP contribution in [0.1, 0.15) is 11.1 Å². The van der Waals surface area contributed by atoms with Crippen LogP contribution >= 0.6 is 23.2 Å². The molecule has 0 unspecified atom stereocenters. The number of aryl methyl sites for hydroxylation is 2. The molecule has 0 saturated carbocycles. The molecule has 16 heteroatoms. The average molecular weight is 507 g/mol. The first kappa shape index (κ1) is 26.2. The summed E-state index contributed by atoms with van der Waals surface area (Å²) in [6, 6.07) is 3.91. The first-order valence-electron chi connectivity index (χ1n) is 7.56. The smallest absolute Gasteiger partial charge is 0.506 e. The number of nitro groups is 2. The number of phenolic OH excluding ortho intramolecular Hbond substituents is 1. The Morgan fingerprint density at radius 2 is 1.35 bits per heavy atom. The lowest BCUT2D eigenvalue weighted by molar-refractivity contribution is -0.385. The minimum absolute atomic E-state index is 0.00157. The van der Waals surface area contributed by atoms with Gasteiger partial charge >= 0.3 is 15.6 Å². The first-order valence-corrected chi connectivity index (χ1v) is 9.73. The number of phenols is 1.